The molecule has 0 unspecified atom stereocenters. The van der Waals surface area contributed by atoms with Crippen LogP contribution >= 0.6 is 0 Å². The van der Waals surface area contributed by atoms with E-state index in [9.17, 15) is 10.1 Å². The molecule has 0 amide bonds. The molecule has 1 aromatic carbocycles. The molecular weight excluding hydrogens is 210 g/mol. The van der Waals surface area contributed by atoms with Crippen LogP contribution in [0.4, 0.5) is 5.69 Å². The van der Waals surface area contributed by atoms with Gasteiger partial charge in [0.25, 0.3) is 0 Å². The van der Waals surface area contributed by atoms with Gasteiger partial charge in [0.1, 0.15) is 0 Å². The SMILES string of the molecule is COc1cc(C=CCCO)ccc1[N+](=O)[O-]. The summed E-state index contributed by atoms with van der Waals surface area (Å²) >= 11 is 0. The predicted molar refractivity (Wildman–Crippen MR) is 60.4 cm³/mol. The first-order valence-corrected chi connectivity index (χ1v) is 4.79. The first-order chi connectivity index (χ1) is 7.69. The summed E-state index contributed by atoms with van der Waals surface area (Å²) in [5.74, 6) is 0.233. The van der Waals surface area contributed by atoms with Crippen LogP contribution in [0.1, 0.15) is 12.0 Å². The van der Waals surface area contributed by atoms with Crippen molar-refractivity contribution in [1.82, 2.24) is 0 Å². The van der Waals surface area contributed by atoms with E-state index >= 15 is 0 Å². The second-order valence-electron chi connectivity index (χ2n) is 3.10. The standard InChI is InChI=1S/C11H13NO4/c1-16-11-8-9(4-2-3-7-13)5-6-10(11)12(14)15/h2,4-6,8,13H,3,7H2,1H3. The number of nitro benzene ring substituents is 1. The normalized spacial score (nSPS) is 10.6. The van der Waals surface area contributed by atoms with Crippen molar-refractivity contribution in [3.63, 3.8) is 0 Å². The minimum absolute atomic E-state index is 0.0539. The zero-order valence-electron chi connectivity index (χ0n) is 8.92. The van der Waals surface area contributed by atoms with Gasteiger partial charge in [-0.3, -0.25) is 10.1 Å². The molecule has 0 atom stereocenters. The average molecular weight is 223 g/mol. The Labute approximate surface area is 93.1 Å². The minimum Gasteiger partial charge on any atom is -0.490 e. The fourth-order valence-corrected chi connectivity index (χ4v) is 1.24. The molecule has 1 aromatic rings. The third-order valence-corrected chi connectivity index (χ3v) is 2.01. The molecule has 0 fully saturated rings. The summed E-state index contributed by atoms with van der Waals surface area (Å²) < 4.78 is 4.93. The van der Waals surface area contributed by atoms with Gasteiger partial charge in [0.15, 0.2) is 5.75 Å². The average Bonchev–Trinajstić information content (AvgIpc) is 2.29. The molecule has 86 valence electrons. The number of hydrogen-bond acceptors (Lipinski definition) is 4. The van der Waals surface area contributed by atoms with Crippen LogP contribution in [0.2, 0.25) is 0 Å². The number of aliphatic hydroxyl groups is 1. The first kappa shape index (κ1) is 12.2. The van der Waals surface area contributed by atoms with Crippen molar-refractivity contribution in [2.75, 3.05) is 13.7 Å². The Kier molecular flexibility index (Phi) is 4.47. The second kappa shape index (κ2) is 5.87. The van der Waals surface area contributed by atoms with Gasteiger partial charge in [0.05, 0.1) is 12.0 Å². The Morgan fingerprint density at radius 3 is 2.88 bits per heavy atom. The molecule has 0 saturated carbocycles. The fraction of sp³-hybridized carbons (Fsp3) is 0.273. The van der Waals surface area contributed by atoms with Crippen molar-refractivity contribution in [2.45, 2.75) is 6.42 Å². The van der Waals surface area contributed by atoms with E-state index in [1.165, 1.54) is 13.2 Å². The van der Waals surface area contributed by atoms with Crippen LogP contribution in [0, 0.1) is 10.1 Å². The third-order valence-electron chi connectivity index (χ3n) is 2.01. The molecule has 0 aliphatic carbocycles. The molecule has 0 aromatic heterocycles. The van der Waals surface area contributed by atoms with Crippen LogP contribution in [-0.4, -0.2) is 23.7 Å². The zero-order chi connectivity index (χ0) is 12.0. The van der Waals surface area contributed by atoms with Crippen LogP contribution in [0.5, 0.6) is 5.75 Å². The lowest BCUT2D eigenvalue weighted by molar-refractivity contribution is -0.385. The number of methoxy groups -OCH3 is 1. The summed E-state index contributed by atoms with van der Waals surface area (Å²) in [7, 11) is 1.39. The van der Waals surface area contributed by atoms with Crippen molar-refractivity contribution in [3.05, 3.63) is 40.0 Å². The summed E-state index contributed by atoms with van der Waals surface area (Å²) in [4.78, 5) is 10.1. The van der Waals surface area contributed by atoms with Crippen molar-refractivity contribution >= 4 is 11.8 Å². The Morgan fingerprint density at radius 1 is 1.56 bits per heavy atom. The summed E-state index contributed by atoms with van der Waals surface area (Å²) in [6, 6.07) is 4.62. The number of nitrogens with zero attached hydrogens (tertiary/aromatic N) is 1. The Bertz CT molecular complexity index is 401. The molecule has 5 nitrogen and oxygen atoms in total. The van der Waals surface area contributed by atoms with E-state index in [0.29, 0.717) is 6.42 Å². The van der Waals surface area contributed by atoms with E-state index in [2.05, 4.69) is 0 Å². The van der Waals surface area contributed by atoms with Gasteiger partial charge in [-0.1, -0.05) is 12.2 Å². The Balaban J connectivity index is 2.95. The zero-order valence-corrected chi connectivity index (χ0v) is 8.92. The number of nitro groups is 1. The van der Waals surface area contributed by atoms with Crippen LogP contribution in [-0.2, 0) is 0 Å². The van der Waals surface area contributed by atoms with Crippen LogP contribution in [0.15, 0.2) is 24.3 Å². The largest absolute Gasteiger partial charge is 0.490 e. The van der Waals surface area contributed by atoms with Gasteiger partial charge >= 0.3 is 5.69 Å². The second-order valence-corrected chi connectivity index (χ2v) is 3.10. The summed E-state index contributed by atoms with van der Waals surface area (Å²) in [6.45, 7) is 0.0839. The predicted octanol–water partition coefficient (Wildman–Crippen LogP) is 2.00. The van der Waals surface area contributed by atoms with Gasteiger partial charge in [0, 0.05) is 12.7 Å². The molecule has 5 heteroatoms. The van der Waals surface area contributed by atoms with Gasteiger partial charge in [-0.25, -0.2) is 0 Å². The van der Waals surface area contributed by atoms with E-state index < -0.39 is 4.92 Å². The Morgan fingerprint density at radius 2 is 2.31 bits per heavy atom. The van der Waals surface area contributed by atoms with Gasteiger partial charge in [-0.05, 0) is 24.1 Å². The lowest BCUT2D eigenvalue weighted by Crippen LogP contribution is -1.93. The molecule has 0 aliphatic rings. The lowest BCUT2D eigenvalue weighted by Gasteiger charge is -2.02. The number of ether oxygens (including phenoxy) is 1. The Hall–Kier alpha value is -1.88. The highest BCUT2D eigenvalue weighted by atomic mass is 16.6. The number of rotatable bonds is 5. The summed E-state index contributed by atoms with van der Waals surface area (Å²) in [6.07, 6.45) is 4.13. The maximum atomic E-state index is 10.6. The number of aliphatic hydroxyl groups excluding tert-OH is 1. The highest BCUT2D eigenvalue weighted by Crippen LogP contribution is 2.27. The quantitative estimate of drug-likeness (QED) is 0.612. The van der Waals surface area contributed by atoms with E-state index in [1.807, 2.05) is 0 Å². The van der Waals surface area contributed by atoms with Crippen LogP contribution in [0.3, 0.4) is 0 Å². The minimum atomic E-state index is -0.486. The molecule has 0 saturated heterocycles. The molecule has 0 aliphatic heterocycles. The number of hydrogen-bond donors (Lipinski definition) is 1. The van der Waals surface area contributed by atoms with E-state index in [-0.39, 0.29) is 18.0 Å². The molecule has 0 radical (unpaired) electrons. The summed E-state index contributed by atoms with van der Waals surface area (Å²) in [5, 5.41) is 19.2. The van der Waals surface area contributed by atoms with Crippen LogP contribution in [0.25, 0.3) is 6.08 Å². The molecule has 0 bridgehead atoms. The topological polar surface area (TPSA) is 72.6 Å². The molecule has 1 rings (SSSR count). The van der Waals surface area contributed by atoms with Gasteiger partial charge in [-0.2, -0.15) is 0 Å². The molecule has 0 spiro atoms. The van der Waals surface area contributed by atoms with Crippen molar-refractivity contribution in [1.29, 1.82) is 0 Å². The van der Waals surface area contributed by atoms with Gasteiger partial charge < -0.3 is 9.84 Å². The third kappa shape index (κ3) is 3.06. The molecule has 0 heterocycles. The highest BCUT2D eigenvalue weighted by molar-refractivity contribution is 5.58. The lowest BCUT2D eigenvalue weighted by atomic mass is 10.1. The van der Waals surface area contributed by atoms with Gasteiger partial charge in [0.2, 0.25) is 0 Å². The monoisotopic (exact) mass is 223 g/mol. The van der Waals surface area contributed by atoms with Gasteiger partial charge in [-0.15, -0.1) is 0 Å². The maximum Gasteiger partial charge on any atom is 0.310 e. The summed E-state index contributed by atoms with van der Waals surface area (Å²) in [5.41, 5.74) is 0.748. The van der Waals surface area contributed by atoms with Crippen molar-refractivity contribution in [2.24, 2.45) is 0 Å². The molecular formula is C11H13NO4. The number of benzene rings is 1. The van der Waals surface area contributed by atoms with E-state index in [0.717, 1.165) is 5.56 Å². The van der Waals surface area contributed by atoms with Crippen molar-refractivity contribution < 1.29 is 14.8 Å². The molecule has 16 heavy (non-hydrogen) atoms. The van der Waals surface area contributed by atoms with Crippen molar-refractivity contribution in [3.8, 4) is 5.75 Å². The maximum absolute atomic E-state index is 10.6. The molecule has 1 N–H and O–H groups in total. The highest BCUT2D eigenvalue weighted by Gasteiger charge is 2.13. The smallest absolute Gasteiger partial charge is 0.310 e. The first-order valence-electron chi connectivity index (χ1n) is 4.79. The van der Waals surface area contributed by atoms with Crippen LogP contribution < -0.4 is 4.74 Å². The van der Waals surface area contributed by atoms with E-state index in [1.54, 1.807) is 24.3 Å². The fourth-order valence-electron chi connectivity index (χ4n) is 1.24. The van der Waals surface area contributed by atoms with E-state index in [4.69, 9.17) is 9.84 Å².